The molecule has 0 unspecified atom stereocenters. The van der Waals surface area contributed by atoms with E-state index in [0.717, 1.165) is 22.4 Å². The van der Waals surface area contributed by atoms with Crippen LogP contribution in [0.5, 0.6) is 5.75 Å². The van der Waals surface area contributed by atoms with Crippen molar-refractivity contribution in [3.05, 3.63) is 69.5 Å². The van der Waals surface area contributed by atoms with Gasteiger partial charge in [0.1, 0.15) is 5.75 Å². The maximum Gasteiger partial charge on any atom is 0.277 e. The lowest BCUT2D eigenvalue weighted by Gasteiger charge is -2.07. The summed E-state index contributed by atoms with van der Waals surface area (Å²) < 4.78 is 12.9. The lowest BCUT2D eigenvalue weighted by atomic mass is 10.1. The van der Waals surface area contributed by atoms with Crippen LogP contribution in [-0.2, 0) is 19.4 Å². The third-order valence-electron chi connectivity index (χ3n) is 3.67. The average molecular weight is 357 g/mol. The molecule has 0 fully saturated rings. The molecular formula is C18H19N3O3S. The molecule has 6 nitrogen and oxygen atoms in total. The second-order valence-electron chi connectivity index (χ2n) is 5.79. The van der Waals surface area contributed by atoms with Gasteiger partial charge in [0.2, 0.25) is 0 Å². The van der Waals surface area contributed by atoms with Crippen molar-refractivity contribution in [2.75, 3.05) is 0 Å². The van der Waals surface area contributed by atoms with Gasteiger partial charge in [-0.05, 0) is 42.7 Å². The van der Waals surface area contributed by atoms with Crippen LogP contribution in [0.4, 0.5) is 0 Å². The second kappa shape index (κ2) is 7.57. The molecule has 3 rings (SSSR count). The van der Waals surface area contributed by atoms with Crippen LogP contribution in [0.1, 0.15) is 22.6 Å². The van der Waals surface area contributed by atoms with Gasteiger partial charge in [-0.2, -0.15) is 0 Å². The van der Waals surface area contributed by atoms with Crippen LogP contribution in [0.15, 0.2) is 51.0 Å². The van der Waals surface area contributed by atoms with Crippen molar-refractivity contribution in [2.24, 2.45) is 7.05 Å². The van der Waals surface area contributed by atoms with Crippen LogP contribution in [-0.4, -0.2) is 14.8 Å². The van der Waals surface area contributed by atoms with E-state index in [1.807, 2.05) is 38.1 Å². The summed E-state index contributed by atoms with van der Waals surface area (Å²) in [6.07, 6.45) is 1.75. The van der Waals surface area contributed by atoms with Crippen molar-refractivity contribution >= 4 is 11.8 Å². The zero-order valence-electron chi connectivity index (χ0n) is 14.4. The monoisotopic (exact) mass is 357 g/mol. The van der Waals surface area contributed by atoms with Crippen LogP contribution in [0.3, 0.4) is 0 Å². The van der Waals surface area contributed by atoms with Crippen LogP contribution >= 0.6 is 11.8 Å². The molecule has 0 saturated carbocycles. The Balaban J connectivity index is 1.57. The Kier molecular flexibility index (Phi) is 5.23. The molecule has 2 heterocycles. The van der Waals surface area contributed by atoms with Crippen LogP contribution in [0.25, 0.3) is 0 Å². The van der Waals surface area contributed by atoms with Gasteiger partial charge in [0.15, 0.2) is 6.61 Å². The molecule has 0 aliphatic rings. The third kappa shape index (κ3) is 4.51. The molecule has 0 amide bonds. The van der Waals surface area contributed by atoms with E-state index in [1.54, 1.807) is 19.3 Å². The minimum Gasteiger partial charge on any atom is -0.484 e. The molecule has 130 valence electrons. The second-order valence-corrected chi connectivity index (χ2v) is 6.72. The van der Waals surface area contributed by atoms with E-state index in [9.17, 15) is 4.79 Å². The van der Waals surface area contributed by atoms with Gasteiger partial charge in [0, 0.05) is 25.1 Å². The average Bonchev–Trinajstić information content (AvgIpc) is 3.05. The fourth-order valence-corrected chi connectivity index (χ4v) is 2.90. The summed E-state index contributed by atoms with van der Waals surface area (Å²) in [6, 6.07) is 9.55. The fraction of sp³-hybridized carbons (Fsp3) is 0.278. The Hall–Kier alpha value is -2.54. The minimum atomic E-state index is -0.0359. The predicted octanol–water partition coefficient (Wildman–Crippen LogP) is 3.26. The number of thioether (sulfide) groups is 1. The number of pyridine rings is 1. The van der Waals surface area contributed by atoms with Gasteiger partial charge in [-0.25, -0.2) is 0 Å². The van der Waals surface area contributed by atoms with Crippen LogP contribution < -0.4 is 10.3 Å². The van der Waals surface area contributed by atoms with Crippen molar-refractivity contribution in [1.29, 1.82) is 0 Å². The minimum absolute atomic E-state index is 0.0359. The molecule has 0 aliphatic carbocycles. The number of nitrogens with zero attached hydrogens (tertiary/aromatic N) is 3. The third-order valence-corrected chi connectivity index (χ3v) is 4.56. The van der Waals surface area contributed by atoms with Gasteiger partial charge in [0.05, 0.1) is 0 Å². The Morgan fingerprint density at radius 3 is 2.84 bits per heavy atom. The van der Waals surface area contributed by atoms with Gasteiger partial charge in [-0.3, -0.25) is 4.79 Å². The van der Waals surface area contributed by atoms with Crippen molar-refractivity contribution in [2.45, 2.75) is 31.4 Å². The smallest absolute Gasteiger partial charge is 0.277 e. The number of aromatic nitrogens is 3. The van der Waals surface area contributed by atoms with E-state index in [-0.39, 0.29) is 12.2 Å². The van der Waals surface area contributed by atoms with Crippen molar-refractivity contribution in [3.8, 4) is 5.75 Å². The molecule has 2 aromatic heterocycles. The Labute approximate surface area is 149 Å². The molecule has 0 bridgehead atoms. The molecular weight excluding hydrogens is 338 g/mol. The summed E-state index contributed by atoms with van der Waals surface area (Å²) >= 11 is 1.39. The molecule has 7 heteroatoms. The number of hydrogen-bond acceptors (Lipinski definition) is 6. The first-order chi connectivity index (χ1) is 12.0. The SMILES string of the molecule is Cc1ccc(C)c(OCc2nnc(SCc3ccn(C)c(=O)c3)o2)c1. The normalized spacial score (nSPS) is 10.8. The van der Waals surface area contributed by atoms with Gasteiger partial charge >= 0.3 is 0 Å². The van der Waals surface area contributed by atoms with Crippen molar-refractivity contribution < 1.29 is 9.15 Å². The molecule has 0 spiro atoms. The molecule has 0 radical (unpaired) electrons. The van der Waals surface area contributed by atoms with Gasteiger partial charge in [0.25, 0.3) is 16.7 Å². The van der Waals surface area contributed by atoms with E-state index in [0.29, 0.717) is 16.9 Å². The lowest BCUT2D eigenvalue weighted by Crippen LogP contribution is -2.14. The summed E-state index contributed by atoms with van der Waals surface area (Å²) in [7, 11) is 1.72. The first kappa shape index (κ1) is 17.3. The molecule has 0 aliphatic heterocycles. The number of ether oxygens (including phenoxy) is 1. The molecule has 3 aromatic rings. The fourth-order valence-electron chi connectivity index (χ4n) is 2.18. The van der Waals surface area contributed by atoms with E-state index >= 15 is 0 Å². The summed E-state index contributed by atoms with van der Waals surface area (Å²) in [6.45, 7) is 4.24. The highest BCUT2D eigenvalue weighted by Crippen LogP contribution is 2.23. The Bertz CT molecular complexity index is 933. The number of aryl methyl sites for hydroxylation is 3. The zero-order chi connectivity index (χ0) is 17.8. The number of rotatable bonds is 6. The molecule has 0 atom stereocenters. The quantitative estimate of drug-likeness (QED) is 0.631. The molecule has 0 N–H and O–H groups in total. The summed E-state index contributed by atoms with van der Waals surface area (Å²) in [5, 5.41) is 8.46. The first-order valence-electron chi connectivity index (χ1n) is 7.82. The topological polar surface area (TPSA) is 70.2 Å². The van der Waals surface area contributed by atoms with E-state index in [4.69, 9.17) is 9.15 Å². The highest BCUT2D eigenvalue weighted by molar-refractivity contribution is 7.98. The van der Waals surface area contributed by atoms with Crippen LogP contribution in [0.2, 0.25) is 0 Å². The van der Waals surface area contributed by atoms with Gasteiger partial charge < -0.3 is 13.7 Å². The highest BCUT2D eigenvalue weighted by atomic mass is 32.2. The zero-order valence-corrected chi connectivity index (χ0v) is 15.2. The van der Waals surface area contributed by atoms with Gasteiger partial charge in [-0.1, -0.05) is 23.9 Å². The molecule has 25 heavy (non-hydrogen) atoms. The van der Waals surface area contributed by atoms with Gasteiger partial charge in [-0.15, -0.1) is 10.2 Å². The van der Waals surface area contributed by atoms with E-state index in [1.165, 1.54) is 16.3 Å². The standard InChI is InChI=1S/C18H19N3O3S/c1-12-4-5-13(2)15(8-12)23-10-16-19-20-18(24-16)25-11-14-6-7-21(3)17(22)9-14/h4-9H,10-11H2,1-3H3. The summed E-state index contributed by atoms with van der Waals surface area (Å²) in [5.74, 6) is 1.83. The highest BCUT2D eigenvalue weighted by Gasteiger charge is 2.09. The van der Waals surface area contributed by atoms with Crippen molar-refractivity contribution in [3.63, 3.8) is 0 Å². The first-order valence-corrected chi connectivity index (χ1v) is 8.80. The molecule has 0 saturated heterocycles. The summed E-state index contributed by atoms with van der Waals surface area (Å²) in [4.78, 5) is 11.6. The number of benzene rings is 1. The maximum absolute atomic E-state index is 11.6. The Morgan fingerprint density at radius 1 is 1.20 bits per heavy atom. The maximum atomic E-state index is 11.6. The number of hydrogen-bond donors (Lipinski definition) is 0. The Morgan fingerprint density at radius 2 is 2.04 bits per heavy atom. The van der Waals surface area contributed by atoms with Crippen molar-refractivity contribution in [1.82, 2.24) is 14.8 Å². The largest absolute Gasteiger partial charge is 0.484 e. The van der Waals surface area contributed by atoms with Crippen LogP contribution in [0, 0.1) is 13.8 Å². The van der Waals surface area contributed by atoms with E-state index in [2.05, 4.69) is 10.2 Å². The lowest BCUT2D eigenvalue weighted by molar-refractivity contribution is 0.250. The predicted molar refractivity (Wildman–Crippen MR) is 95.8 cm³/mol. The van der Waals surface area contributed by atoms with E-state index < -0.39 is 0 Å². The summed E-state index contributed by atoms with van der Waals surface area (Å²) in [5.41, 5.74) is 3.08. The molecule has 1 aromatic carbocycles.